The summed E-state index contributed by atoms with van der Waals surface area (Å²) in [4.78, 5) is 0. The number of hydrogen-bond donors (Lipinski definition) is 1. The fourth-order valence-corrected chi connectivity index (χ4v) is 4.00. The molecule has 28 heavy (non-hydrogen) atoms. The molecule has 1 aliphatic rings. The molecule has 0 unspecified atom stereocenters. The normalized spacial score (nSPS) is 14.5. The van der Waals surface area contributed by atoms with Gasteiger partial charge in [-0.2, -0.15) is 0 Å². The van der Waals surface area contributed by atoms with Gasteiger partial charge in [0.1, 0.15) is 5.75 Å². The first-order valence-electron chi connectivity index (χ1n) is 9.46. The largest absolute Gasteiger partial charge is 0.473 e. The molecular weight excluding hydrogens is 344 g/mol. The van der Waals surface area contributed by atoms with Gasteiger partial charge in [-0.25, -0.2) is 0 Å². The van der Waals surface area contributed by atoms with E-state index >= 15 is 0 Å². The Kier molecular flexibility index (Phi) is 4.00. The molecule has 4 aromatic rings. The summed E-state index contributed by atoms with van der Waals surface area (Å²) in [6.07, 6.45) is 4.32. The molecule has 1 heterocycles. The quantitative estimate of drug-likeness (QED) is 0.507. The van der Waals surface area contributed by atoms with Crippen molar-refractivity contribution in [2.24, 2.45) is 0 Å². The van der Waals surface area contributed by atoms with Gasteiger partial charge in [-0.3, -0.25) is 0 Å². The Labute approximate surface area is 164 Å². The summed E-state index contributed by atoms with van der Waals surface area (Å²) >= 11 is 0. The Morgan fingerprint density at radius 2 is 1.43 bits per heavy atom. The Balaban J connectivity index is 1.71. The number of hydrogen-bond acceptors (Lipinski definition) is 2. The average molecular weight is 364 g/mol. The van der Waals surface area contributed by atoms with Gasteiger partial charge in [0.2, 0.25) is 0 Å². The van der Waals surface area contributed by atoms with Crippen LogP contribution in [0.25, 0.3) is 16.8 Å². The first kappa shape index (κ1) is 16.8. The van der Waals surface area contributed by atoms with Crippen LogP contribution in [0.3, 0.4) is 0 Å². The van der Waals surface area contributed by atoms with Crippen molar-refractivity contribution in [1.29, 1.82) is 0 Å². The molecule has 0 saturated carbocycles. The number of aliphatic hydroxyl groups excluding tert-OH is 1. The molecule has 2 heteroatoms. The molecule has 0 spiro atoms. The van der Waals surface area contributed by atoms with Crippen LogP contribution in [-0.4, -0.2) is 5.11 Å². The van der Waals surface area contributed by atoms with Crippen LogP contribution in [0.4, 0.5) is 0 Å². The number of rotatable bonds is 3. The Hall–Kier alpha value is -3.36. The van der Waals surface area contributed by atoms with Crippen molar-refractivity contribution in [2.75, 3.05) is 0 Å². The summed E-state index contributed by atoms with van der Waals surface area (Å²) in [6.45, 7) is 0.0461. The van der Waals surface area contributed by atoms with E-state index in [2.05, 4.69) is 48.6 Å². The van der Waals surface area contributed by atoms with Crippen LogP contribution in [0.2, 0.25) is 0 Å². The molecule has 5 rings (SSSR count). The molecule has 0 bridgehead atoms. The van der Waals surface area contributed by atoms with E-state index < -0.39 is 5.60 Å². The molecule has 0 radical (unpaired) electrons. The predicted octanol–water partition coefficient (Wildman–Crippen LogP) is 5.68. The van der Waals surface area contributed by atoms with Crippen LogP contribution in [0.5, 0.6) is 5.75 Å². The van der Waals surface area contributed by atoms with Gasteiger partial charge in [-0.1, -0.05) is 78.9 Å². The summed E-state index contributed by atoms with van der Waals surface area (Å²) in [5.74, 6) is 0.861. The van der Waals surface area contributed by atoms with E-state index in [0.717, 1.165) is 38.8 Å². The average Bonchev–Trinajstić information content (AvgIpc) is 2.79. The molecular formula is C26H20O2. The predicted molar refractivity (Wildman–Crippen MR) is 113 cm³/mol. The lowest BCUT2D eigenvalue weighted by Gasteiger charge is -2.36. The molecule has 1 N–H and O–H groups in total. The van der Waals surface area contributed by atoms with E-state index in [1.165, 1.54) is 0 Å². The zero-order valence-corrected chi connectivity index (χ0v) is 15.4. The number of aliphatic hydroxyl groups is 1. The third-order valence-corrected chi connectivity index (χ3v) is 5.43. The summed E-state index contributed by atoms with van der Waals surface area (Å²) in [6, 6.07) is 30.8. The lowest BCUT2D eigenvalue weighted by Crippen LogP contribution is -2.34. The molecule has 136 valence electrons. The molecule has 0 aromatic heterocycles. The summed E-state index contributed by atoms with van der Waals surface area (Å²) in [7, 11) is 0. The highest BCUT2D eigenvalue weighted by atomic mass is 16.5. The smallest absolute Gasteiger partial charge is 0.178 e. The van der Waals surface area contributed by atoms with E-state index in [-0.39, 0.29) is 6.61 Å². The fraction of sp³-hybridized carbons (Fsp3) is 0.0769. The second-order valence-corrected chi connectivity index (χ2v) is 7.09. The van der Waals surface area contributed by atoms with E-state index in [0.29, 0.717) is 0 Å². The highest BCUT2D eigenvalue weighted by molar-refractivity contribution is 5.94. The summed E-state index contributed by atoms with van der Waals surface area (Å²) in [5.41, 5.74) is 3.52. The molecule has 0 fully saturated rings. The summed E-state index contributed by atoms with van der Waals surface area (Å²) < 4.78 is 6.72. The standard InChI is InChI=1S/C26H20O2/c27-18-19-11-13-23-20(17-19)12-14-25-24(23)15-16-26(28-25,21-7-3-1-4-8-21)22-9-5-2-6-10-22/h1-17,27H,18H2. The number of benzene rings is 4. The molecule has 0 amide bonds. The van der Waals surface area contributed by atoms with Crippen molar-refractivity contribution >= 4 is 16.8 Å². The molecule has 2 nitrogen and oxygen atoms in total. The van der Waals surface area contributed by atoms with Crippen molar-refractivity contribution in [3.8, 4) is 5.75 Å². The molecule has 0 aliphatic carbocycles. The summed E-state index contributed by atoms with van der Waals surface area (Å²) in [5, 5.41) is 11.6. The Morgan fingerprint density at radius 1 is 0.750 bits per heavy atom. The van der Waals surface area contributed by atoms with Crippen molar-refractivity contribution in [1.82, 2.24) is 0 Å². The van der Waals surface area contributed by atoms with E-state index in [1.54, 1.807) is 0 Å². The third-order valence-electron chi connectivity index (χ3n) is 5.43. The zero-order valence-electron chi connectivity index (χ0n) is 15.4. The van der Waals surface area contributed by atoms with Gasteiger partial charge in [0.05, 0.1) is 6.61 Å². The van der Waals surface area contributed by atoms with Crippen molar-refractivity contribution in [2.45, 2.75) is 12.2 Å². The zero-order chi connectivity index (χ0) is 19.0. The van der Waals surface area contributed by atoms with Crippen LogP contribution >= 0.6 is 0 Å². The lowest BCUT2D eigenvalue weighted by atomic mass is 9.83. The van der Waals surface area contributed by atoms with Gasteiger partial charge in [0, 0.05) is 16.7 Å². The number of fused-ring (bicyclic) bond motifs is 3. The van der Waals surface area contributed by atoms with Gasteiger partial charge < -0.3 is 9.84 Å². The molecule has 0 saturated heterocycles. The van der Waals surface area contributed by atoms with Gasteiger partial charge in [0.15, 0.2) is 5.60 Å². The minimum Gasteiger partial charge on any atom is -0.473 e. The first-order valence-corrected chi connectivity index (χ1v) is 9.46. The van der Waals surface area contributed by atoms with Crippen LogP contribution in [0.1, 0.15) is 22.3 Å². The van der Waals surface area contributed by atoms with Crippen LogP contribution < -0.4 is 4.74 Å². The van der Waals surface area contributed by atoms with Gasteiger partial charge in [-0.15, -0.1) is 0 Å². The van der Waals surface area contributed by atoms with Crippen LogP contribution in [-0.2, 0) is 12.2 Å². The SMILES string of the molecule is OCc1ccc2c3c(ccc2c1)OC(c1ccccc1)(c1ccccc1)C=C3. The first-order chi connectivity index (χ1) is 13.8. The van der Waals surface area contributed by atoms with E-state index in [9.17, 15) is 5.11 Å². The van der Waals surface area contributed by atoms with Gasteiger partial charge in [0.25, 0.3) is 0 Å². The third kappa shape index (κ3) is 2.62. The second kappa shape index (κ2) is 6.66. The Bertz CT molecular complexity index is 1120. The maximum absolute atomic E-state index is 9.42. The van der Waals surface area contributed by atoms with Gasteiger partial charge in [-0.05, 0) is 40.6 Å². The lowest BCUT2D eigenvalue weighted by molar-refractivity contribution is 0.161. The monoisotopic (exact) mass is 364 g/mol. The maximum atomic E-state index is 9.42. The van der Waals surface area contributed by atoms with E-state index in [4.69, 9.17) is 4.74 Å². The Morgan fingerprint density at radius 3 is 2.07 bits per heavy atom. The molecule has 4 aromatic carbocycles. The van der Waals surface area contributed by atoms with Crippen molar-refractivity contribution in [3.05, 3.63) is 119 Å². The van der Waals surface area contributed by atoms with E-state index in [1.807, 2.05) is 54.6 Å². The molecule has 1 aliphatic heterocycles. The topological polar surface area (TPSA) is 29.5 Å². The highest BCUT2D eigenvalue weighted by Gasteiger charge is 2.37. The van der Waals surface area contributed by atoms with Crippen molar-refractivity contribution in [3.63, 3.8) is 0 Å². The molecule has 0 atom stereocenters. The fourth-order valence-electron chi connectivity index (χ4n) is 4.00. The highest BCUT2D eigenvalue weighted by Crippen LogP contribution is 2.44. The second-order valence-electron chi connectivity index (χ2n) is 7.09. The van der Waals surface area contributed by atoms with Crippen LogP contribution in [0.15, 0.2) is 97.1 Å². The van der Waals surface area contributed by atoms with Crippen molar-refractivity contribution < 1.29 is 9.84 Å². The minimum absolute atomic E-state index is 0.0461. The van der Waals surface area contributed by atoms with Gasteiger partial charge >= 0.3 is 0 Å². The maximum Gasteiger partial charge on any atom is 0.178 e. The number of ether oxygens (including phenoxy) is 1. The minimum atomic E-state index is -0.658. The van der Waals surface area contributed by atoms with Crippen LogP contribution in [0, 0.1) is 0 Å².